The van der Waals surface area contributed by atoms with Gasteiger partial charge in [0.15, 0.2) is 0 Å². The van der Waals surface area contributed by atoms with Crippen LogP contribution < -0.4 is 9.84 Å². The molecule has 1 atom stereocenters. The monoisotopic (exact) mass is 230 g/mol. The number of H-pyrrole nitrogens is 1. The average molecular weight is 230 g/mol. The topological polar surface area (TPSA) is 48.1 Å². The standard InChI is InChI=1S/C14H16NO2/c1-3-12(16)5-4-11-8-10-9-13(17-2)6-7-14(10)15-11/h4-9,12,15H,3H2,1-2H3/q-1. The van der Waals surface area contributed by atoms with Crippen LogP contribution in [0.15, 0.2) is 30.3 Å². The molecule has 90 valence electrons. The highest BCUT2D eigenvalue weighted by Crippen LogP contribution is 2.21. The minimum absolute atomic E-state index is 0.616. The maximum Gasteiger partial charge on any atom is 0.119 e. The largest absolute Gasteiger partial charge is 0.849 e. The van der Waals surface area contributed by atoms with Gasteiger partial charge in [-0.2, -0.15) is 0 Å². The summed E-state index contributed by atoms with van der Waals surface area (Å²) in [6, 6.07) is 7.86. The fourth-order valence-corrected chi connectivity index (χ4v) is 1.70. The van der Waals surface area contributed by atoms with Crippen LogP contribution in [0.25, 0.3) is 17.0 Å². The van der Waals surface area contributed by atoms with Crippen molar-refractivity contribution in [3.8, 4) is 5.75 Å². The summed E-state index contributed by atoms with van der Waals surface area (Å²) in [5, 5.41) is 12.3. The van der Waals surface area contributed by atoms with Gasteiger partial charge < -0.3 is 14.8 Å². The molecule has 0 aliphatic carbocycles. The van der Waals surface area contributed by atoms with Crippen molar-refractivity contribution in [2.75, 3.05) is 7.11 Å². The fraction of sp³-hybridized carbons (Fsp3) is 0.286. The number of ether oxygens (including phenoxy) is 1. The summed E-state index contributed by atoms with van der Waals surface area (Å²) in [6.45, 7) is 1.89. The van der Waals surface area contributed by atoms with Gasteiger partial charge in [-0.3, -0.25) is 0 Å². The molecular weight excluding hydrogens is 214 g/mol. The number of benzene rings is 1. The zero-order chi connectivity index (χ0) is 12.3. The van der Waals surface area contributed by atoms with Crippen LogP contribution in [0.4, 0.5) is 0 Å². The Bertz CT molecular complexity index is 528. The van der Waals surface area contributed by atoms with Gasteiger partial charge in [0, 0.05) is 16.6 Å². The number of fused-ring (bicyclic) bond motifs is 1. The third-order valence-electron chi connectivity index (χ3n) is 2.74. The van der Waals surface area contributed by atoms with E-state index in [0.717, 1.165) is 22.3 Å². The van der Waals surface area contributed by atoms with Crippen LogP contribution in [0.1, 0.15) is 19.0 Å². The van der Waals surface area contributed by atoms with Crippen LogP contribution in [0.5, 0.6) is 5.75 Å². The molecule has 3 nitrogen and oxygen atoms in total. The lowest BCUT2D eigenvalue weighted by atomic mass is 10.2. The molecule has 1 heterocycles. The molecule has 1 aromatic heterocycles. The van der Waals surface area contributed by atoms with Gasteiger partial charge in [0.05, 0.1) is 7.11 Å². The minimum Gasteiger partial charge on any atom is -0.849 e. The molecule has 17 heavy (non-hydrogen) atoms. The molecule has 0 aliphatic heterocycles. The van der Waals surface area contributed by atoms with Crippen molar-refractivity contribution >= 4 is 17.0 Å². The molecule has 2 rings (SSSR count). The highest BCUT2D eigenvalue weighted by Gasteiger charge is 1.99. The molecule has 0 fully saturated rings. The van der Waals surface area contributed by atoms with E-state index in [2.05, 4.69) is 4.98 Å². The molecule has 0 saturated carbocycles. The Kier molecular flexibility index (Phi) is 3.49. The zero-order valence-electron chi connectivity index (χ0n) is 10.1. The lowest BCUT2D eigenvalue weighted by Crippen LogP contribution is -2.20. The SMILES string of the molecule is CCC([O-])C=Cc1cc2cc(OC)ccc2[nH]1. The average Bonchev–Trinajstić information content (AvgIpc) is 2.77. The Hall–Kier alpha value is -1.74. The molecular formula is C14H16NO2-. The smallest absolute Gasteiger partial charge is 0.119 e. The number of methoxy groups -OCH3 is 1. The van der Waals surface area contributed by atoms with Crippen LogP contribution in [0.3, 0.4) is 0 Å². The lowest BCUT2D eigenvalue weighted by Gasteiger charge is -2.13. The lowest BCUT2D eigenvalue weighted by molar-refractivity contribution is -0.403. The van der Waals surface area contributed by atoms with E-state index >= 15 is 0 Å². The number of nitrogens with one attached hydrogen (secondary N) is 1. The molecule has 0 aliphatic rings. The Morgan fingerprint density at radius 1 is 1.41 bits per heavy atom. The van der Waals surface area contributed by atoms with E-state index in [4.69, 9.17) is 4.74 Å². The second kappa shape index (κ2) is 5.06. The number of aromatic amines is 1. The van der Waals surface area contributed by atoms with Gasteiger partial charge in [-0.05, 0) is 30.3 Å². The third kappa shape index (κ3) is 2.68. The molecule has 0 bridgehead atoms. The van der Waals surface area contributed by atoms with Gasteiger partial charge in [0.2, 0.25) is 0 Å². The minimum atomic E-state index is -0.629. The van der Waals surface area contributed by atoms with Crippen molar-refractivity contribution in [3.05, 3.63) is 36.0 Å². The first-order valence-electron chi connectivity index (χ1n) is 5.73. The summed E-state index contributed by atoms with van der Waals surface area (Å²) in [5.74, 6) is 0.835. The predicted molar refractivity (Wildman–Crippen MR) is 68.0 cm³/mol. The van der Waals surface area contributed by atoms with E-state index in [1.165, 1.54) is 0 Å². The number of rotatable bonds is 4. The van der Waals surface area contributed by atoms with Crippen molar-refractivity contribution in [2.45, 2.75) is 19.4 Å². The highest BCUT2D eigenvalue weighted by atomic mass is 16.5. The van der Waals surface area contributed by atoms with Gasteiger partial charge in [0.1, 0.15) is 5.75 Å². The number of hydrogen-bond donors (Lipinski definition) is 1. The molecule has 0 amide bonds. The molecule has 2 aromatic rings. The molecule has 0 saturated heterocycles. The molecule has 0 radical (unpaired) electrons. The second-order valence-electron chi connectivity index (χ2n) is 3.98. The second-order valence-corrected chi connectivity index (χ2v) is 3.98. The number of hydrogen-bond acceptors (Lipinski definition) is 2. The first-order valence-corrected chi connectivity index (χ1v) is 5.73. The third-order valence-corrected chi connectivity index (χ3v) is 2.74. The number of aromatic nitrogens is 1. The van der Waals surface area contributed by atoms with Crippen LogP contribution in [-0.2, 0) is 0 Å². The first-order chi connectivity index (χ1) is 8.22. The van der Waals surface area contributed by atoms with E-state index < -0.39 is 6.10 Å². The predicted octanol–water partition coefficient (Wildman–Crippen LogP) is 2.33. The van der Waals surface area contributed by atoms with Crippen LogP contribution in [0, 0.1) is 0 Å². The van der Waals surface area contributed by atoms with Crippen molar-refractivity contribution in [2.24, 2.45) is 0 Å². The van der Waals surface area contributed by atoms with E-state index in [1.54, 1.807) is 13.2 Å². The molecule has 1 aromatic carbocycles. The van der Waals surface area contributed by atoms with Gasteiger partial charge in [-0.15, -0.1) is 6.10 Å². The normalized spacial score (nSPS) is 13.4. The highest BCUT2D eigenvalue weighted by molar-refractivity contribution is 5.84. The molecule has 1 N–H and O–H groups in total. The van der Waals surface area contributed by atoms with Crippen molar-refractivity contribution in [3.63, 3.8) is 0 Å². The Balaban J connectivity index is 2.28. The fourth-order valence-electron chi connectivity index (χ4n) is 1.70. The summed E-state index contributed by atoms with van der Waals surface area (Å²) in [4.78, 5) is 3.25. The first kappa shape index (κ1) is 11.7. The van der Waals surface area contributed by atoms with Crippen LogP contribution >= 0.6 is 0 Å². The van der Waals surface area contributed by atoms with Crippen molar-refractivity contribution < 1.29 is 9.84 Å². The Morgan fingerprint density at radius 2 is 2.24 bits per heavy atom. The summed E-state index contributed by atoms with van der Waals surface area (Å²) in [6.07, 6.45) is 3.51. The Morgan fingerprint density at radius 3 is 2.94 bits per heavy atom. The zero-order valence-corrected chi connectivity index (χ0v) is 10.1. The maximum atomic E-state index is 11.3. The Labute approximate surface area is 101 Å². The molecule has 0 spiro atoms. The summed E-state index contributed by atoms with van der Waals surface area (Å²) in [5.41, 5.74) is 1.99. The van der Waals surface area contributed by atoms with Crippen molar-refractivity contribution in [1.29, 1.82) is 0 Å². The van der Waals surface area contributed by atoms with Crippen molar-refractivity contribution in [1.82, 2.24) is 4.98 Å². The van der Waals surface area contributed by atoms with E-state index in [-0.39, 0.29) is 0 Å². The quantitative estimate of drug-likeness (QED) is 0.876. The molecule has 1 unspecified atom stereocenters. The van der Waals surface area contributed by atoms with E-state index in [1.807, 2.05) is 37.3 Å². The van der Waals surface area contributed by atoms with Gasteiger partial charge in [-0.25, -0.2) is 0 Å². The van der Waals surface area contributed by atoms with E-state index in [0.29, 0.717) is 6.42 Å². The van der Waals surface area contributed by atoms with Crippen LogP contribution in [0.2, 0.25) is 0 Å². The van der Waals surface area contributed by atoms with Crippen LogP contribution in [-0.4, -0.2) is 18.2 Å². The maximum absolute atomic E-state index is 11.3. The summed E-state index contributed by atoms with van der Waals surface area (Å²) >= 11 is 0. The summed E-state index contributed by atoms with van der Waals surface area (Å²) in [7, 11) is 1.65. The van der Waals surface area contributed by atoms with E-state index in [9.17, 15) is 5.11 Å². The van der Waals surface area contributed by atoms with Gasteiger partial charge in [-0.1, -0.05) is 19.4 Å². The van der Waals surface area contributed by atoms with Gasteiger partial charge in [0.25, 0.3) is 0 Å². The molecule has 3 heteroatoms. The van der Waals surface area contributed by atoms with Gasteiger partial charge >= 0.3 is 0 Å². The summed E-state index contributed by atoms with van der Waals surface area (Å²) < 4.78 is 5.17.